The molecule has 0 aromatic heterocycles. The maximum absolute atomic E-state index is 13.7. The number of amides is 2. The van der Waals surface area contributed by atoms with Crippen molar-refractivity contribution < 1.29 is 18.0 Å². The number of sulfonamides is 1. The molecular weight excluding hydrogens is 509 g/mol. The Kier molecular flexibility index (Phi) is 10.4. The molecule has 7 nitrogen and oxygen atoms in total. The van der Waals surface area contributed by atoms with Crippen molar-refractivity contribution in [1.82, 2.24) is 10.2 Å². The van der Waals surface area contributed by atoms with Crippen LogP contribution in [0.25, 0.3) is 0 Å². The van der Waals surface area contributed by atoms with Crippen LogP contribution in [0.2, 0.25) is 10.0 Å². The molecule has 0 fully saturated rings. The van der Waals surface area contributed by atoms with E-state index in [1.54, 1.807) is 6.07 Å². The molecule has 0 unspecified atom stereocenters. The highest BCUT2D eigenvalue weighted by Crippen LogP contribution is 2.33. The van der Waals surface area contributed by atoms with Gasteiger partial charge in [-0.25, -0.2) is 8.42 Å². The van der Waals surface area contributed by atoms with Crippen molar-refractivity contribution in [1.29, 1.82) is 0 Å². The molecule has 0 aliphatic heterocycles. The van der Waals surface area contributed by atoms with Crippen LogP contribution in [0.5, 0.6) is 0 Å². The van der Waals surface area contributed by atoms with Crippen LogP contribution in [0.15, 0.2) is 42.5 Å². The van der Waals surface area contributed by atoms with Crippen LogP contribution in [0.3, 0.4) is 0 Å². The molecule has 0 spiro atoms. The number of carbonyl (C=O) groups excluding carboxylic acids is 2. The second-order valence-corrected chi connectivity index (χ2v) is 11.5. The van der Waals surface area contributed by atoms with E-state index in [-0.39, 0.29) is 34.1 Å². The molecule has 0 aliphatic carbocycles. The molecule has 0 bridgehead atoms. The monoisotopic (exact) mass is 541 g/mol. The molecule has 10 heteroatoms. The van der Waals surface area contributed by atoms with Crippen molar-refractivity contribution in [2.24, 2.45) is 5.92 Å². The average Bonchev–Trinajstić information content (AvgIpc) is 2.78. The van der Waals surface area contributed by atoms with Gasteiger partial charge < -0.3 is 10.2 Å². The number of rotatable bonds is 11. The van der Waals surface area contributed by atoms with Crippen LogP contribution in [0, 0.1) is 12.8 Å². The molecule has 1 N–H and O–H groups in total. The van der Waals surface area contributed by atoms with E-state index < -0.39 is 28.5 Å². The Hall–Kier alpha value is -2.29. The second-order valence-electron chi connectivity index (χ2n) is 8.85. The van der Waals surface area contributed by atoms with Crippen LogP contribution in [0.1, 0.15) is 38.3 Å². The third kappa shape index (κ3) is 7.85. The molecule has 0 heterocycles. The van der Waals surface area contributed by atoms with Crippen molar-refractivity contribution >= 4 is 50.7 Å². The Morgan fingerprint density at radius 1 is 1.06 bits per heavy atom. The predicted molar refractivity (Wildman–Crippen MR) is 142 cm³/mol. The van der Waals surface area contributed by atoms with E-state index in [2.05, 4.69) is 5.32 Å². The Bertz CT molecular complexity index is 1160. The van der Waals surface area contributed by atoms with Gasteiger partial charge in [0.1, 0.15) is 12.6 Å². The lowest BCUT2D eigenvalue weighted by Gasteiger charge is -2.33. The molecule has 0 saturated heterocycles. The summed E-state index contributed by atoms with van der Waals surface area (Å²) >= 11 is 12.4. The molecule has 2 aromatic carbocycles. The van der Waals surface area contributed by atoms with E-state index in [1.165, 1.54) is 17.0 Å². The molecule has 0 aliphatic rings. The van der Waals surface area contributed by atoms with E-state index in [1.807, 2.05) is 52.0 Å². The van der Waals surface area contributed by atoms with Gasteiger partial charge in [0.2, 0.25) is 21.8 Å². The van der Waals surface area contributed by atoms with Crippen molar-refractivity contribution in [2.45, 2.75) is 46.7 Å². The molecule has 0 radical (unpaired) electrons. The van der Waals surface area contributed by atoms with Crippen LogP contribution in [-0.2, 0) is 26.2 Å². The zero-order valence-electron chi connectivity index (χ0n) is 20.7. The minimum absolute atomic E-state index is 0.0274. The topological polar surface area (TPSA) is 86.8 Å². The highest BCUT2D eigenvalue weighted by Gasteiger charge is 2.32. The smallest absolute Gasteiger partial charge is 0.244 e. The lowest BCUT2D eigenvalue weighted by Crippen LogP contribution is -2.52. The molecule has 2 amide bonds. The Balaban J connectivity index is 2.48. The summed E-state index contributed by atoms with van der Waals surface area (Å²) in [5, 5.41) is 3.09. The van der Waals surface area contributed by atoms with Crippen LogP contribution < -0.4 is 9.62 Å². The zero-order chi connectivity index (χ0) is 26.3. The number of aryl methyl sites for hydroxylation is 1. The fraction of sp³-hybridized carbons (Fsp3) is 0.440. The summed E-state index contributed by atoms with van der Waals surface area (Å²) in [4.78, 5) is 28.2. The van der Waals surface area contributed by atoms with Gasteiger partial charge in [-0.1, -0.05) is 74.3 Å². The first-order valence-electron chi connectivity index (χ1n) is 11.4. The van der Waals surface area contributed by atoms with Crippen molar-refractivity contribution in [3.05, 3.63) is 63.6 Å². The third-order valence-electron chi connectivity index (χ3n) is 5.55. The predicted octanol–water partition coefficient (Wildman–Crippen LogP) is 4.65. The standard InChI is InChI=1S/C25H33Cl2N3O4S/c1-6-21(25(32)28-14-17(2)3)29(15-19-11-8-7-10-18(19)4)23(31)16-30(35(5,33)34)22-13-9-12-20(26)24(22)27/h7-13,17,21H,6,14-16H2,1-5H3,(H,28,32)/t21-/m0/s1. The van der Waals surface area contributed by atoms with Gasteiger partial charge >= 0.3 is 0 Å². The molecule has 0 saturated carbocycles. The van der Waals surface area contributed by atoms with Crippen LogP contribution in [-0.4, -0.2) is 50.5 Å². The third-order valence-corrected chi connectivity index (χ3v) is 7.49. The first-order valence-corrected chi connectivity index (χ1v) is 14.0. The van der Waals surface area contributed by atoms with Crippen LogP contribution in [0.4, 0.5) is 5.69 Å². The van der Waals surface area contributed by atoms with E-state index in [9.17, 15) is 18.0 Å². The van der Waals surface area contributed by atoms with E-state index in [4.69, 9.17) is 23.2 Å². The summed E-state index contributed by atoms with van der Waals surface area (Å²) in [5.74, 6) is -0.571. The SMILES string of the molecule is CC[C@@H](C(=O)NCC(C)C)N(Cc1ccccc1C)C(=O)CN(c1cccc(Cl)c1Cl)S(C)(=O)=O. The van der Waals surface area contributed by atoms with Crippen molar-refractivity contribution in [2.75, 3.05) is 23.7 Å². The summed E-state index contributed by atoms with van der Waals surface area (Å²) in [6.07, 6.45) is 1.36. The molecule has 2 rings (SSSR count). The zero-order valence-corrected chi connectivity index (χ0v) is 23.0. The molecule has 192 valence electrons. The Morgan fingerprint density at radius 2 is 1.71 bits per heavy atom. The lowest BCUT2D eigenvalue weighted by atomic mass is 10.1. The summed E-state index contributed by atoms with van der Waals surface area (Å²) in [5.41, 5.74) is 1.92. The largest absolute Gasteiger partial charge is 0.354 e. The maximum Gasteiger partial charge on any atom is 0.244 e. The van der Waals surface area contributed by atoms with Gasteiger partial charge in [-0.2, -0.15) is 0 Å². The van der Waals surface area contributed by atoms with Gasteiger partial charge in [0, 0.05) is 13.1 Å². The second kappa shape index (κ2) is 12.6. The first kappa shape index (κ1) is 28.9. The first-order chi connectivity index (χ1) is 16.4. The summed E-state index contributed by atoms with van der Waals surface area (Å²) < 4.78 is 26.3. The van der Waals surface area contributed by atoms with Gasteiger partial charge in [-0.3, -0.25) is 13.9 Å². The highest BCUT2D eigenvalue weighted by molar-refractivity contribution is 7.92. The normalized spacial score (nSPS) is 12.3. The summed E-state index contributed by atoms with van der Waals surface area (Å²) in [7, 11) is -3.90. The van der Waals surface area contributed by atoms with Crippen molar-refractivity contribution in [3.8, 4) is 0 Å². The van der Waals surface area contributed by atoms with Gasteiger partial charge in [0.05, 0.1) is 22.0 Å². The molecule has 2 aromatic rings. The molecular formula is C25H33Cl2N3O4S. The van der Waals surface area contributed by atoms with Gasteiger partial charge in [-0.15, -0.1) is 0 Å². The number of benzene rings is 2. The van der Waals surface area contributed by atoms with Crippen LogP contribution >= 0.6 is 23.2 Å². The molecule has 1 atom stereocenters. The average molecular weight is 543 g/mol. The summed E-state index contributed by atoms with van der Waals surface area (Å²) in [6.45, 7) is 7.80. The highest BCUT2D eigenvalue weighted by atomic mass is 35.5. The van der Waals surface area contributed by atoms with Gasteiger partial charge in [-0.05, 0) is 42.5 Å². The van der Waals surface area contributed by atoms with Crippen molar-refractivity contribution in [3.63, 3.8) is 0 Å². The van der Waals surface area contributed by atoms with E-state index in [0.29, 0.717) is 13.0 Å². The quantitative estimate of drug-likeness (QED) is 0.448. The number of anilines is 1. The fourth-order valence-electron chi connectivity index (χ4n) is 3.59. The van der Waals surface area contributed by atoms with E-state index in [0.717, 1.165) is 21.7 Å². The van der Waals surface area contributed by atoms with Gasteiger partial charge in [0.15, 0.2) is 0 Å². The molecule has 35 heavy (non-hydrogen) atoms. The number of hydrogen-bond acceptors (Lipinski definition) is 4. The maximum atomic E-state index is 13.7. The lowest BCUT2D eigenvalue weighted by molar-refractivity contribution is -0.140. The number of hydrogen-bond donors (Lipinski definition) is 1. The minimum Gasteiger partial charge on any atom is -0.354 e. The number of carbonyl (C=O) groups is 2. The van der Waals surface area contributed by atoms with Gasteiger partial charge in [0.25, 0.3) is 0 Å². The number of nitrogens with zero attached hydrogens (tertiary/aromatic N) is 2. The Labute approximate surface area is 218 Å². The fourth-order valence-corrected chi connectivity index (χ4v) is 4.89. The number of nitrogens with one attached hydrogen (secondary N) is 1. The minimum atomic E-state index is -3.90. The summed E-state index contributed by atoms with van der Waals surface area (Å²) in [6, 6.07) is 11.4. The van der Waals surface area contributed by atoms with E-state index >= 15 is 0 Å². The number of halogens is 2. The Morgan fingerprint density at radius 3 is 2.29 bits per heavy atom.